The molecule has 1 fully saturated rings. The number of benzene rings is 1. The molecule has 1 aliphatic rings. The lowest BCUT2D eigenvalue weighted by Crippen LogP contribution is -2.30. The molecule has 3 N–H and O–H groups in total. The summed E-state index contributed by atoms with van der Waals surface area (Å²) in [5.41, 5.74) is 6.23. The maximum atomic E-state index is 11.7. The molecule has 16 heavy (non-hydrogen) atoms. The van der Waals surface area contributed by atoms with Crippen LogP contribution in [0, 0.1) is 5.92 Å². The van der Waals surface area contributed by atoms with Gasteiger partial charge in [0.15, 0.2) is 0 Å². The quantitative estimate of drug-likeness (QED) is 0.543. The Kier molecular flexibility index (Phi) is 2.30. The molecule has 84 valence electrons. The van der Waals surface area contributed by atoms with E-state index in [0.717, 1.165) is 4.90 Å². The monoisotopic (exact) mass is 220 g/mol. The zero-order valence-electron chi connectivity index (χ0n) is 8.80. The molecule has 2 amide bonds. The average molecular weight is 220 g/mol. The second-order valence-corrected chi connectivity index (χ2v) is 3.92. The molecule has 0 saturated carbocycles. The fourth-order valence-corrected chi connectivity index (χ4v) is 1.78. The first-order valence-electron chi connectivity index (χ1n) is 4.96. The number of nitrogens with zero attached hydrogens (tertiary/aromatic N) is 1. The number of nitrogens with two attached hydrogens (primary N) is 1. The van der Waals surface area contributed by atoms with Crippen molar-refractivity contribution in [2.45, 2.75) is 13.3 Å². The first-order valence-corrected chi connectivity index (χ1v) is 4.96. The summed E-state index contributed by atoms with van der Waals surface area (Å²) in [5.74, 6) is -0.800. The Morgan fingerprint density at radius 2 is 2.12 bits per heavy atom. The smallest absolute Gasteiger partial charge is 0.237 e. The Bertz CT molecular complexity index is 470. The van der Waals surface area contributed by atoms with Crippen LogP contribution in [0.15, 0.2) is 18.2 Å². The van der Waals surface area contributed by atoms with Gasteiger partial charge in [-0.15, -0.1) is 0 Å². The zero-order valence-corrected chi connectivity index (χ0v) is 8.80. The predicted octanol–water partition coefficient (Wildman–Crippen LogP) is 0.874. The van der Waals surface area contributed by atoms with Crippen molar-refractivity contribution in [2.24, 2.45) is 5.92 Å². The minimum atomic E-state index is -0.305. The van der Waals surface area contributed by atoms with E-state index in [1.165, 1.54) is 18.2 Å². The van der Waals surface area contributed by atoms with Crippen LogP contribution in [0.3, 0.4) is 0 Å². The summed E-state index contributed by atoms with van der Waals surface area (Å²) in [7, 11) is 0. The van der Waals surface area contributed by atoms with Crippen LogP contribution < -0.4 is 10.6 Å². The summed E-state index contributed by atoms with van der Waals surface area (Å²) in [6, 6.07) is 4.19. The van der Waals surface area contributed by atoms with E-state index in [2.05, 4.69) is 0 Å². The Morgan fingerprint density at radius 1 is 1.44 bits per heavy atom. The van der Waals surface area contributed by atoms with Gasteiger partial charge in [0, 0.05) is 18.4 Å². The second kappa shape index (κ2) is 3.52. The van der Waals surface area contributed by atoms with E-state index < -0.39 is 0 Å². The number of aromatic hydroxyl groups is 1. The predicted molar refractivity (Wildman–Crippen MR) is 58.8 cm³/mol. The Morgan fingerprint density at radius 3 is 2.62 bits per heavy atom. The third kappa shape index (κ3) is 1.50. The van der Waals surface area contributed by atoms with Crippen LogP contribution in [-0.4, -0.2) is 16.9 Å². The summed E-state index contributed by atoms with van der Waals surface area (Å²) in [5, 5.41) is 9.20. The highest BCUT2D eigenvalue weighted by Crippen LogP contribution is 2.32. The third-order valence-corrected chi connectivity index (χ3v) is 2.62. The largest absolute Gasteiger partial charge is 0.508 e. The zero-order chi connectivity index (χ0) is 11.9. The van der Waals surface area contributed by atoms with Crippen molar-refractivity contribution in [3.05, 3.63) is 18.2 Å². The highest BCUT2D eigenvalue weighted by atomic mass is 16.3. The minimum Gasteiger partial charge on any atom is -0.508 e. The van der Waals surface area contributed by atoms with E-state index in [9.17, 15) is 14.7 Å². The fourth-order valence-electron chi connectivity index (χ4n) is 1.78. The van der Waals surface area contributed by atoms with Crippen molar-refractivity contribution >= 4 is 23.2 Å². The number of nitrogen functional groups attached to an aromatic ring is 1. The van der Waals surface area contributed by atoms with Crippen LogP contribution >= 0.6 is 0 Å². The Balaban J connectivity index is 2.45. The van der Waals surface area contributed by atoms with E-state index in [-0.39, 0.29) is 35.6 Å². The average Bonchev–Trinajstić information content (AvgIpc) is 2.43. The van der Waals surface area contributed by atoms with Gasteiger partial charge in [-0.25, -0.2) is 4.90 Å². The molecular weight excluding hydrogens is 208 g/mol. The number of phenols is 1. The van der Waals surface area contributed by atoms with Gasteiger partial charge in [0.25, 0.3) is 0 Å². The maximum Gasteiger partial charge on any atom is 0.237 e. The number of anilines is 2. The normalized spacial score (nSPS) is 20.6. The van der Waals surface area contributed by atoms with Crippen LogP contribution in [-0.2, 0) is 9.59 Å². The molecule has 1 heterocycles. The van der Waals surface area contributed by atoms with Crippen LogP contribution in [0.1, 0.15) is 13.3 Å². The maximum absolute atomic E-state index is 11.7. The van der Waals surface area contributed by atoms with E-state index in [0.29, 0.717) is 5.69 Å². The number of amides is 2. The molecule has 1 atom stereocenters. The van der Waals surface area contributed by atoms with Gasteiger partial charge in [-0.1, -0.05) is 6.92 Å². The third-order valence-electron chi connectivity index (χ3n) is 2.62. The fraction of sp³-hybridized carbons (Fsp3) is 0.273. The molecule has 1 aliphatic heterocycles. The molecular formula is C11H12N2O3. The SMILES string of the molecule is CC1CC(=O)N(c2ccc(O)cc2N)C1=O. The molecule has 1 aromatic carbocycles. The molecule has 1 saturated heterocycles. The highest BCUT2D eigenvalue weighted by molar-refractivity contribution is 6.22. The summed E-state index contributed by atoms with van der Waals surface area (Å²) in [4.78, 5) is 24.4. The number of hydrogen-bond acceptors (Lipinski definition) is 4. The summed E-state index contributed by atoms with van der Waals surface area (Å²) < 4.78 is 0. The first-order chi connectivity index (χ1) is 7.50. The van der Waals surface area contributed by atoms with Crippen LogP contribution in [0.5, 0.6) is 5.75 Å². The van der Waals surface area contributed by atoms with E-state index in [4.69, 9.17) is 5.73 Å². The number of carbonyl (C=O) groups excluding carboxylic acids is 2. The summed E-state index contributed by atoms with van der Waals surface area (Å²) in [6.45, 7) is 1.71. The van der Waals surface area contributed by atoms with E-state index in [1.54, 1.807) is 6.92 Å². The van der Waals surface area contributed by atoms with Crippen molar-refractivity contribution in [1.29, 1.82) is 0 Å². The molecule has 1 unspecified atom stereocenters. The summed E-state index contributed by atoms with van der Waals surface area (Å²) in [6.07, 6.45) is 0.207. The van der Waals surface area contributed by atoms with Gasteiger partial charge >= 0.3 is 0 Å². The van der Waals surface area contributed by atoms with Crippen molar-refractivity contribution in [3.8, 4) is 5.75 Å². The second-order valence-electron chi connectivity index (χ2n) is 3.92. The van der Waals surface area contributed by atoms with Gasteiger partial charge in [-0.2, -0.15) is 0 Å². The van der Waals surface area contributed by atoms with Gasteiger partial charge < -0.3 is 10.8 Å². The van der Waals surface area contributed by atoms with Crippen molar-refractivity contribution < 1.29 is 14.7 Å². The summed E-state index contributed by atoms with van der Waals surface area (Å²) >= 11 is 0. The highest BCUT2D eigenvalue weighted by Gasteiger charge is 2.37. The standard InChI is InChI=1S/C11H12N2O3/c1-6-4-10(15)13(11(6)16)9-3-2-7(14)5-8(9)12/h2-3,5-6,14H,4,12H2,1H3. The lowest BCUT2D eigenvalue weighted by Gasteiger charge is -2.16. The molecule has 0 radical (unpaired) electrons. The molecule has 0 aliphatic carbocycles. The number of carbonyl (C=O) groups is 2. The molecule has 1 aromatic rings. The molecule has 0 spiro atoms. The van der Waals surface area contributed by atoms with Crippen LogP contribution in [0.25, 0.3) is 0 Å². The molecule has 0 aromatic heterocycles. The minimum absolute atomic E-state index is 0.00777. The molecule has 0 bridgehead atoms. The van der Waals surface area contributed by atoms with Crippen molar-refractivity contribution in [1.82, 2.24) is 0 Å². The number of phenolic OH excluding ortho intramolecular Hbond substituents is 1. The van der Waals surface area contributed by atoms with Gasteiger partial charge in [-0.05, 0) is 12.1 Å². The Hall–Kier alpha value is -2.04. The van der Waals surface area contributed by atoms with E-state index in [1.807, 2.05) is 0 Å². The lowest BCUT2D eigenvalue weighted by atomic mass is 10.1. The lowest BCUT2D eigenvalue weighted by molar-refractivity contribution is -0.122. The first kappa shape index (κ1) is 10.5. The van der Waals surface area contributed by atoms with Crippen LogP contribution in [0.2, 0.25) is 0 Å². The topological polar surface area (TPSA) is 83.6 Å². The Labute approximate surface area is 92.5 Å². The van der Waals surface area contributed by atoms with Gasteiger partial charge in [0.2, 0.25) is 11.8 Å². The van der Waals surface area contributed by atoms with Crippen LogP contribution in [0.4, 0.5) is 11.4 Å². The van der Waals surface area contributed by atoms with Crippen molar-refractivity contribution in [2.75, 3.05) is 10.6 Å². The van der Waals surface area contributed by atoms with Crippen molar-refractivity contribution in [3.63, 3.8) is 0 Å². The molecule has 5 nitrogen and oxygen atoms in total. The van der Waals surface area contributed by atoms with Gasteiger partial charge in [0.1, 0.15) is 5.75 Å². The van der Waals surface area contributed by atoms with Gasteiger partial charge in [-0.3, -0.25) is 9.59 Å². The van der Waals surface area contributed by atoms with Gasteiger partial charge in [0.05, 0.1) is 11.4 Å². The number of rotatable bonds is 1. The van der Waals surface area contributed by atoms with E-state index >= 15 is 0 Å². The molecule has 2 rings (SSSR count). The molecule has 5 heteroatoms. The number of hydrogen-bond donors (Lipinski definition) is 2. The number of imide groups is 1.